The van der Waals surface area contributed by atoms with E-state index >= 15 is 0 Å². The van der Waals surface area contributed by atoms with Crippen LogP contribution in [-0.4, -0.2) is 24.5 Å². The summed E-state index contributed by atoms with van der Waals surface area (Å²) < 4.78 is 0. The molecule has 0 amide bonds. The number of rotatable bonds is 0. The highest BCUT2D eigenvalue weighted by atomic mass is 15.3. The Bertz CT molecular complexity index is 92.2. The van der Waals surface area contributed by atoms with Crippen molar-refractivity contribution in [3.05, 3.63) is 0 Å². The third-order valence-electron chi connectivity index (χ3n) is 1.01. The first-order valence-electron chi connectivity index (χ1n) is 1.94. The largest absolute Gasteiger partial charge is 0.287 e. The molecule has 0 saturated carbocycles. The van der Waals surface area contributed by atoms with E-state index in [9.17, 15) is 0 Å². The van der Waals surface area contributed by atoms with Crippen LogP contribution in [0.15, 0.2) is 0 Å². The average molecular weight is 82.1 g/mol. The van der Waals surface area contributed by atoms with Crippen LogP contribution >= 0.6 is 0 Å². The summed E-state index contributed by atoms with van der Waals surface area (Å²) in [4.78, 5) is 1.99. The number of hydrogen-bond donors (Lipinski definition) is 0. The van der Waals surface area contributed by atoms with E-state index in [1.807, 2.05) is 11.9 Å². The molecule has 0 bridgehead atoms. The van der Waals surface area contributed by atoms with Crippen LogP contribution in [0.4, 0.5) is 0 Å². The Morgan fingerprint density at radius 1 is 2.00 bits per heavy atom. The molecule has 1 rings (SSSR count). The minimum absolute atomic E-state index is 0.241. The van der Waals surface area contributed by atoms with Crippen molar-refractivity contribution in [1.29, 1.82) is 5.26 Å². The minimum Gasteiger partial charge on any atom is -0.287 e. The van der Waals surface area contributed by atoms with Crippen LogP contribution in [-0.2, 0) is 0 Å². The van der Waals surface area contributed by atoms with Gasteiger partial charge in [0, 0.05) is 6.54 Å². The first-order valence-corrected chi connectivity index (χ1v) is 1.94. The van der Waals surface area contributed by atoms with Crippen LogP contribution < -0.4 is 0 Å². The number of hydrogen-bond acceptors (Lipinski definition) is 2. The zero-order chi connectivity index (χ0) is 4.57. The van der Waals surface area contributed by atoms with E-state index in [1.54, 1.807) is 0 Å². The highest BCUT2D eigenvalue weighted by molar-refractivity contribution is 5.03. The minimum atomic E-state index is 0.241. The molecular formula is C4H6N2. The predicted molar refractivity (Wildman–Crippen MR) is 22.0 cm³/mol. The van der Waals surface area contributed by atoms with E-state index in [0.717, 1.165) is 6.54 Å². The van der Waals surface area contributed by atoms with Gasteiger partial charge in [0.2, 0.25) is 0 Å². The fourth-order valence-corrected chi connectivity index (χ4v) is 0.365. The van der Waals surface area contributed by atoms with Crippen LogP contribution in [0.25, 0.3) is 0 Å². The topological polar surface area (TPSA) is 26.8 Å². The van der Waals surface area contributed by atoms with Crippen molar-refractivity contribution in [2.24, 2.45) is 0 Å². The van der Waals surface area contributed by atoms with Crippen LogP contribution in [0, 0.1) is 11.3 Å². The van der Waals surface area contributed by atoms with Crippen molar-refractivity contribution in [3.8, 4) is 6.07 Å². The molecule has 1 aliphatic rings. The highest BCUT2D eigenvalue weighted by Crippen LogP contribution is 2.09. The van der Waals surface area contributed by atoms with E-state index < -0.39 is 0 Å². The van der Waals surface area contributed by atoms with Crippen molar-refractivity contribution in [2.45, 2.75) is 6.04 Å². The van der Waals surface area contributed by atoms with Crippen LogP contribution in [0.3, 0.4) is 0 Å². The zero-order valence-corrected chi connectivity index (χ0v) is 3.68. The number of likely N-dealkylation sites (N-methyl/N-ethyl adjacent to an activating group) is 1. The van der Waals surface area contributed by atoms with Gasteiger partial charge in [0.15, 0.2) is 0 Å². The summed E-state index contributed by atoms with van der Waals surface area (Å²) in [5.74, 6) is 0. The molecule has 6 heavy (non-hydrogen) atoms. The Hall–Kier alpha value is -0.550. The van der Waals surface area contributed by atoms with Gasteiger partial charge in [-0.05, 0) is 7.05 Å². The Balaban J connectivity index is 2.31. The molecule has 0 aromatic rings. The normalized spacial score (nSPS) is 41.3. The molecular weight excluding hydrogens is 76.1 g/mol. The Morgan fingerprint density at radius 3 is 2.50 bits per heavy atom. The molecule has 2 heteroatoms. The molecule has 0 aromatic carbocycles. The molecule has 1 heterocycles. The lowest BCUT2D eigenvalue weighted by molar-refractivity contribution is 0.664. The zero-order valence-electron chi connectivity index (χ0n) is 3.68. The molecule has 2 nitrogen and oxygen atoms in total. The molecule has 1 unspecified atom stereocenters. The maximum Gasteiger partial charge on any atom is 0.110 e. The fraction of sp³-hybridized carbons (Fsp3) is 0.750. The first-order chi connectivity index (χ1) is 2.84. The number of nitriles is 1. The molecule has 32 valence electrons. The van der Waals surface area contributed by atoms with Gasteiger partial charge in [-0.15, -0.1) is 0 Å². The van der Waals surface area contributed by atoms with Crippen molar-refractivity contribution in [2.75, 3.05) is 13.6 Å². The fourth-order valence-electron chi connectivity index (χ4n) is 0.365. The smallest absolute Gasteiger partial charge is 0.110 e. The van der Waals surface area contributed by atoms with Crippen molar-refractivity contribution < 1.29 is 0 Å². The Labute approximate surface area is 37.0 Å². The van der Waals surface area contributed by atoms with Crippen molar-refractivity contribution in [1.82, 2.24) is 4.90 Å². The lowest BCUT2D eigenvalue weighted by Crippen LogP contribution is -1.86. The molecule has 0 aliphatic carbocycles. The van der Waals surface area contributed by atoms with E-state index in [1.165, 1.54) is 0 Å². The average Bonchev–Trinajstić information content (AvgIpc) is 2.19. The second-order valence-electron chi connectivity index (χ2n) is 1.58. The van der Waals surface area contributed by atoms with E-state index in [0.29, 0.717) is 0 Å². The molecule has 2 atom stereocenters. The van der Waals surface area contributed by atoms with Gasteiger partial charge in [-0.2, -0.15) is 5.26 Å². The van der Waals surface area contributed by atoms with Crippen molar-refractivity contribution >= 4 is 0 Å². The lowest BCUT2D eigenvalue weighted by atomic mass is 10.5. The van der Waals surface area contributed by atoms with Crippen LogP contribution in [0.2, 0.25) is 0 Å². The summed E-state index contributed by atoms with van der Waals surface area (Å²) >= 11 is 0. The molecule has 1 fully saturated rings. The van der Waals surface area contributed by atoms with E-state index in [2.05, 4.69) is 6.07 Å². The Kier molecular flexibility index (Phi) is 0.578. The van der Waals surface area contributed by atoms with Crippen LogP contribution in [0.5, 0.6) is 0 Å². The van der Waals surface area contributed by atoms with E-state index in [4.69, 9.17) is 5.26 Å². The Morgan fingerprint density at radius 2 is 2.50 bits per heavy atom. The monoisotopic (exact) mass is 82.1 g/mol. The number of nitrogens with zero attached hydrogens (tertiary/aromatic N) is 2. The maximum atomic E-state index is 8.08. The van der Waals surface area contributed by atoms with Crippen molar-refractivity contribution in [3.63, 3.8) is 0 Å². The SMILES string of the molecule is CN1C[C@H]1C#N. The summed E-state index contributed by atoms with van der Waals surface area (Å²) in [7, 11) is 1.94. The standard InChI is InChI=1S/C4H6N2/c1-6-3-4(6)2-5/h4H,3H2,1H3/t4-,6?/m1/s1. The van der Waals surface area contributed by atoms with Gasteiger partial charge in [-0.25, -0.2) is 0 Å². The summed E-state index contributed by atoms with van der Waals surface area (Å²) in [6, 6.07) is 2.36. The highest BCUT2D eigenvalue weighted by Gasteiger charge is 2.28. The van der Waals surface area contributed by atoms with Gasteiger partial charge >= 0.3 is 0 Å². The van der Waals surface area contributed by atoms with Gasteiger partial charge in [0.1, 0.15) is 6.04 Å². The summed E-state index contributed by atoms with van der Waals surface area (Å²) in [5.41, 5.74) is 0. The van der Waals surface area contributed by atoms with Gasteiger partial charge in [-0.1, -0.05) is 0 Å². The lowest BCUT2D eigenvalue weighted by Gasteiger charge is -1.73. The molecule has 0 N–H and O–H groups in total. The van der Waals surface area contributed by atoms with E-state index in [-0.39, 0.29) is 6.04 Å². The van der Waals surface area contributed by atoms with Gasteiger partial charge < -0.3 is 0 Å². The summed E-state index contributed by atoms with van der Waals surface area (Å²) in [6.07, 6.45) is 0. The molecule has 0 aromatic heterocycles. The summed E-state index contributed by atoms with van der Waals surface area (Å²) in [6.45, 7) is 0.969. The maximum absolute atomic E-state index is 8.08. The second-order valence-corrected chi connectivity index (χ2v) is 1.58. The molecule has 0 radical (unpaired) electrons. The third-order valence-corrected chi connectivity index (χ3v) is 1.01. The quantitative estimate of drug-likeness (QED) is 0.379. The molecule has 0 spiro atoms. The van der Waals surface area contributed by atoms with Gasteiger partial charge in [0.25, 0.3) is 0 Å². The molecule has 1 saturated heterocycles. The first kappa shape index (κ1) is 3.63. The predicted octanol–water partition coefficient (Wildman–Crippen LogP) is -0.176. The van der Waals surface area contributed by atoms with Crippen LogP contribution in [0.1, 0.15) is 0 Å². The molecule has 1 aliphatic heterocycles. The second kappa shape index (κ2) is 0.954. The summed E-state index contributed by atoms with van der Waals surface area (Å²) in [5, 5.41) is 8.08. The van der Waals surface area contributed by atoms with Gasteiger partial charge in [0.05, 0.1) is 6.07 Å². The third kappa shape index (κ3) is 0.373. The van der Waals surface area contributed by atoms with Gasteiger partial charge in [-0.3, -0.25) is 4.90 Å².